The van der Waals surface area contributed by atoms with Crippen LogP contribution in [-0.4, -0.2) is 125 Å². The van der Waals surface area contributed by atoms with E-state index in [1.54, 1.807) is 30.3 Å². The van der Waals surface area contributed by atoms with Gasteiger partial charge in [0.25, 0.3) is 11.8 Å². The van der Waals surface area contributed by atoms with Crippen LogP contribution < -0.4 is 14.8 Å². The van der Waals surface area contributed by atoms with Crippen LogP contribution in [0.1, 0.15) is 17.5 Å². The molecule has 2 aromatic rings. The van der Waals surface area contributed by atoms with Gasteiger partial charge in [0.15, 0.2) is 6.10 Å². The third-order valence-electron chi connectivity index (χ3n) is 7.36. The van der Waals surface area contributed by atoms with Crippen molar-refractivity contribution in [2.24, 2.45) is 0 Å². The Morgan fingerprint density at radius 2 is 1.51 bits per heavy atom. The first-order valence-corrected chi connectivity index (χ1v) is 15.5. The second-order valence-corrected chi connectivity index (χ2v) is 11.0. The molecular weight excluding hydrogens is 680 g/mol. The number of aliphatic hydroxyl groups is 3. The van der Waals surface area contributed by atoms with Gasteiger partial charge in [0, 0.05) is 43.3 Å². The summed E-state index contributed by atoms with van der Waals surface area (Å²) in [5.41, 5.74) is 0.900. The van der Waals surface area contributed by atoms with Crippen LogP contribution in [0.3, 0.4) is 0 Å². The summed E-state index contributed by atoms with van der Waals surface area (Å²) >= 11 is 0. The number of ether oxygens (including phenoxy) is 6. The van der Waals surface area contributed by atoms with Crippen LogP contribution in [0.25, 0.3) is 0 Å². The van der Waals surface area contributed by atoms with Crippen molar-refractivity contribution in [2.75, 3.05) is 32.9 Å². The smallest absolute Gasteiger partial charge is 0.417 e. The number of rotatable bonds is 17. The first kappa shape index (κ1) is 38.4. The molecule has 0 aromatic heterocycles. The summed E-state index contributed by atoms with van der Waals surface area (Å²) < 4.78 is 32.0. The van der Waals surface area contributed by atoms with Crippen LogP contribution in [0.15, 0.2) is 60.7 Å². The number of aliphatic carboxylic acids is 1. The molecule has 18 nitrogen and oxygen atoms in total. The molecule has 0 aliphatic carbocycles. The van der Waals surface area contributed by atoms with Crippen LogP contribution in [0.4, 0.5) is 0 Å². The van der Waals surface area contributed by atoms with Crippen LogP contribution in [0.2, 0.25) is 0 Å². The third-order valence-corrected chi connectivity index (χ3v) is 7.36. The first-order chi connectivity index (χ1) is 24.4. The SMILES string of the molecule is O=C(CCN1C(=O)C=CC1=O)NCCOCCOc1cc(O[C@@H]2O[C@H](C(=O)O)[C@@H](O)[C@H](O)[C@H]2O)ccc1COC(=O)C(=O)OCc1ccccc1. The predicted octanol–water partition coefficient (Wildman–Crippen LogP) is -1.43. The molecule has 2 aliphatic heterocycles. The number of nitrogens with one attached hydrogen (secondary N) is 1. The Balaban J connectivity index is 1.30. The first-order valence-electron chi connectivity index (χ1n) is 15.5. The molecular formula is C33H36N2O16. The number of esters is 2. The molecule has 274 valence electrons. The molecule has 0 radical (unpaired) electrons. The van der Waals surface area contributed by atoms with Crippen LogP contribution in [-0.2, 0) is 60.9 Å². The van der Waals surface area contributed by atoms with E-state index in [0.29, 0.717) is 5.56 Å². The highest BCUT2D eigenvalue weighted by Gasteiger charge is 2.48. The van der Waals surface area contributed by atoms with E-state index in [1.165, 1.54) is 18.2 Å². The predicted molar refractivity (Wildman–Crippen MR) is 167 cm³/mol. The van der Waals surface area contributed by atoms with Crippen LogP contribution >= 0.6 is 0 Å². The third kappa shape index (κ3) is 11.0. The van der Waals surface area contributed by atoms with Gasteiger partial charge in [-0.1, -0.05) is 30.3 Å². The summed E-state index contributed by atoms with van der Waals surface area (Å²) in [7, 11) is 0. The van der Waals surface area contributed by atoms with Gasteiger partial charge in [-0.3, -0.25) is 19.3 Å². The minimum absolute atomic E-state index is 0.00324. The van der Waals surface area contributed by atoms with Crippen molar-refractivity contribution in [3.63, 3.8) is 0 Å². The molecule has 5 N–H and O–H groups in total. The van der Waals surface area contributed by atoms with Gasteiger partial charge in [-0.2, -0.15) is 0 Å². The number of carboxylic acid groups (broad SMARTS) is 1. The van der Waals surface area contributed by atoms with E-state index in [-0.39, 0.29) is 63.0 Å². The molecule has 51 heavy (non-hydrogen) atoms. The molecule has 2 aromatic carbocycles. The van der Waals surface area contributed by atoms with E-state index < -0.39 is 72.9 Å². The number of hydrogen-bond acceptors (Lipinski definition) is 15. The lowest BCUT2D eigenvalue weighted by atomic mass is 9.99. The monoisotopic (exact) mass is 716 g/mol. The zero-order valence-electron chi connectivity index (χ0n) is 27.0. The fraction of sp³-hybridized carbons (Fsp3) is 0.394. The minimum Gasteiger partial charge on any atom is -0.491 e. The Hall–Kier alpha value is -5.40. The number of imide groups is 1. The van der Waals surface area contributed by atoms with Crippen LogP contribution in [0, 0.1) is 0 Å². The molecule has 1 fully saturated rings. The lowest BCUT2D eigenvalue weighted by Crippen LogP contribution is -2.61. The minimum atomic E-state index is -1.93. The van der Waals surface area contributed by atoms with E-state index in [0.717, 1.165) is 17.1 Å². The van der Waals surface area contributed by atoms with Crippen molar-refractivity contribution in [1.29, 1.82) is 0 Å². The maximum Gasteiger partial charge on any atom is 0.417 e. The quantitative estimate of drug-likeness (QED) is 0.0544. The molecule has 0 saturated carbocycles. The number of aliphatic hydroxyl groups excluding tert-OH is 3. The van der Waals surface area contributed by atoms with Crippen molar-refractivity contribution >= 4 is 35.6 Å². The van der Waals surface area contributed by atoms with Gasteiger partial charge in [0.2, 0.25) is 12.2 Å². The highest BCUT2D eigenvalue weighted by atomic mass is 16.7. The number of carboxylic acids is 1. The summed E-state index contributed by atoms with van der Waals surface area (Å²) in [6.45, 7) is -0.559. The van der Waals surface area contributed by atoms with E-state index in [9.17, 15) is 49.2 Å². The average Bonchev–Trinajstić information content (AvgIpc) is 3.44. The Morgan fingerprint density at radius 1 is 0.824 bits per heavy atom. The van der Waals surface area contributed by atoms with E-state index >= 15 is 0 Å². The maximum absolute atomic E-state index is 12.3. The number of carbonyl (C=O) groups is 6. The zero-order chi connectivity index (χ0) is 36.9. The molecule has 0 spiro atoms. The van der Waals surface area contributed by atoms with Crippen LogP contribution in [0.5, 0.6) is 11.5 Å². The summed E-state index contributed by atoms with van der Waals surface area (Å²) in [5, 5.41) is 42.3. The maximum atomic E-state index is 12.3. The highest BCUT2D eigenvalue weighted by molar-refractivity contribution is 6.29. The van der Waals surface area contributed by atoms with Gasteiger partial charge >= 0.3 is 17.9 Å². The molecule has 4 rings (SSSR count). The summed E-state index contributed by atoms with van der Waals surface area (Å²) in [4.78, 5) is 72.1. The molecule has 5 atom stereocenters. The topological polar surface area (TPSA) is 254 Å². The zero-order valence-corrected chi connectivity index (χ0v) is 27.0. The van der Waals surface area contributed by atoms with Crippen molar-refractivity contribution in [3.8, 4) is 11.5 Å². The Morgan fingerprint density at radius 3 is 2.20 bits per heavy atom. The van der Waals surface area contributed by atoms with E-state index in [4.69, 9.17) is 28.4 Å². The van der Waals surface area contributed by atoms with E-state index in [1.807, 2.05) is 0 Å². The number of nitrogens with zero attached hydrogens (tertiary/aromatic N) is 1. The molecule has 0 unspecified atom stereocenters. The van der Waals surface area contributed by atoms with Gasteiger partial charge in [-0.25, -0.2) is 14.4 Å². The average molecular weight is 717 g/mol. The standard InChI is InChI=1S/C33H36N2O16/c36-23(10-12-35-24(37)8-9-25(35)38)34-11-13-46-14-15-47-22-16-21(50-33-28(41)26(39)27(40)29(51-33)30(42)43)7-6-20(22)18-49-32(45)31(44)48-17-19-4-2-1-3-5-19/h1-9,16,26-29,33,39-41H,10-15,17-18H2,(H,34,36)(H,42,43)/t26-,27-,28+,29-,33+/m0/s1. The summed E-state index contributed by atoms with van der Waals surface area (Å²) in [5.74, 6) is -5.46. The second-order valence-electron chi connectivity index (χ2n) is 11.0. The Labute approximate surface area is 290 Å². The fourth-order valence-electron chi connectivity index (χ4n) is 4.66. The number of carbonyl (C=O) groups excluding carboxylic acids is 5. The summed E-state index contributed by atoms with van der Waals surface area (Å²) in [6.07, 6.45) is -7.11. The van der Waals surface area contributed by atoms with Crippen molar-refractivity contribution in [3.05, 3.63) is 71.8 Å². The molecule has 2 heterocycles. The lowest BCUT2D eigenvalue weighted by molar-refractivity contribution is -0.271. The van der Waals surface area contributed by atoms with Gasteiger partial charge in [-0.15, -0.1) is 0 Å². The van der Waals surface area contributed by atoms with Crippen molar-refractivity contribution < 1.29 is 77.6 Å². The lowest BCUT2D eigenvalue weighted by Gasteiger charge is -2.38. The number of amides is 3. The highest BCUT2D eigenvalue weighted by Crippen LogP contribution is 2.30. The largest absolute Gasteiger partial charge is 0.491 e. The Bertz CT molecular complexity index is 1580. The molecule has 0 bridgehead atoms. The second kappa shape index (κ2) is 18.6. The van der Waals surface area contributed by atoms with E-state index in [2.05, 4.69) is 5.32 Å². The van der Waals surface area contributed by atoms with Crippen molar-refractivity contribution in [2.45, 2.75) is 50.3 Å². The van der Waals surface area contributed by atoms with Gasteiger partial charge in [0.05, 0.1) is 13.2 Å². The van der Waals surface area contributed by atoms with Gasteiger partial charge < -0.3 is 54.2 Å². The molecule has 3 amide bonds. The summed E-state index contributed by atoms with van der Waals surface area (Å²) in [6, 6.07) is 12.7. The number of benzene rings is 2. The molecule has 1 saturated heterocycles. The Kier molecular flexibility index (Phi) is 14.0. The van der Waals surface area contributed by atoms with Gasteiger partial charge in [0.1, 0.15) is 49.6 Å². The molecule has 18 heteroatoms. The van der Waals surface area contributed by atoms with Gasteiger partial charge in [-0.05, 0) is 17.7 Å². The molecule has 2 aliphatic rings. The normalized spacial score (nSPS) is 21.2. The van der Waals surface area contributed by atoms with Crippen molar-refractivity contribution in [1.82, 2.24) is 10.2 Å². The number of hydrogen-bond donors (Lipinski definition) is 5. The fourth-order valence-corrected chi connectivity index (χ4v) is 4.66.